The molecule has 4 nitrogen and oxygen atoms in total. The highest BCUT2D eigenvalue weighted by atomic mass is 35.5. The Labute approximate surface area is 113 Å². The summed E-state index contributed by atoms with van der Waals surface area (Å²) in [5, 5.41) is 3.23. The van der Waals surface area contributed by atoms with E-state index in [1.54, 1.807) is 19.1 Å². The summed E-state index contributed by atoms with van der Waals surface area (Å²) in [6, 6.07) is 3.31. The molecule has 1 N–H and O–H groups in total. The Hall–Kier alpha value is -1.29. The van der Waals surface area contributed by atoms with Crippen LogP contribution in [0.4, 0.5) is 0 Å². The minimum atomic E-state index is -0.542. The molecule has 0 saturated carbocycles. The van der Waals surface area contributed by atoms with E-state index in [4.69, 9.17) is 16.3 Å². The first-order valence-electron chi connectivity index (χ1n) is 6.05. The van der Waals surface area contributed by atoms with Gasteiger partial charge in [-0.1, -0.05) is 25.4 Å². The van der Waals surface area contributed by atoms with E-state index in [2.05, 4.69) is 24.1 Å². The van der Waals surface area contributed by atoms with Crippen LogP contribution in [-0.4, -0.2) is 23.5 Å². The summed E-state index contributed by atoms with van der Waals surface area (Å²) in [6.45, 7) is 6.61. The van der Waals surface area contributed by atoms with Gasteiger partial charge in [0.15, 0.2) is 6.10 Å². The molecule has 1 atom stereocenters. The second kappa shape index (κ2) is 7.21. The molecule has 0 spiro atoms. The van der Waals surface area contributed by atoms with Crippen LogP contribution in [0.15, 0.2) is 18.3 Å². The first kappa shape index (κ1) is 14.8. The average molecular weight is 271 g/mol. The topological polar surface area (TPSA) is 51.2 Å². The second-order valence-corrected chi connectivity index (χ2v) is 4.94. The molecule has 0 saturated heterocycles. The lowest BCUT2D eigenvalue weighted by Crippen LogP contribution is -2.37. The number of pyridine rings is 1. The van der Waals surface area contributed by atoms with Gasteiger partial charge in [-0.2, -0.15) is 0 Å². The van der Waals surface area contributed by atoms with E-state index in [1.807, 2.05) is 0 Å². The number of rotatable bonds is 6. The molecule has 1 aromatic rings. The Morgan fingerprint density at radius 2 is 2.17 bits per heavy atom. The first-order valence-corrected chi connectivity index (χ1v) is 6.42. The molecule has 5 heteroatoms. The summed E-state index contributed by atoms with van der Waals surface area (Å²) in [5.41, 5.74) is 0. The van der Waals surface area contributed by atoms with E-state index < -0.39 is 6.10 Å². The standard InChI is InChI=1S/C13H19ClN2O2/c1-9(2)6-7-15-13(17)10(3)18-11-4-5-12(14)16-8-11/h4-5,8-10H,6-7H2,1-3H3,(H,15,17). The van der Waals surface area contributed by atoms with Gasteiger partial charge in [0.05, 0.1) is 6.20 Å². The largest absolute Gasteiger partial charge is 0.479 e. The molecule has 1 rings (SSSR count). The molecular weight excluding hydrogens is 252 g/mol. The minimum absolute atomic E-state index is 0.120. The first-order chi connectivity index (χ1) is 8.49. The zero-order valence-electron chi connectivity index (χ0n) is 10.9. The molecule has 0 aliphatic heterocycles. The van der Waals surface area contributed by atoms with E-state index >= 15 is 0 Å². The summed E-state index contributed by atoms with van der Waals surface area (Å²) >= 11 is 5.66. The van der Waals surface area contributed by atoms with Crippen LogP contribution in [0.3, 0.4) is 0 Å². The Bertz CT molecular complexity index is 379. The normalized spacial score (nSPS) is 12.3. The quantitative estimate of drug-likeness (QED) is 0.809. The highest BCUT2D eigenvalue weighted by Gasteiger charge is 2.14. The van der Waals surface area contributed by atoms with Crippen LogP contribution in [0.2, 0.25) is 5.15 Å². The van der Waals surface area contributed by atoms with Crippen molar-refractivity contribution in [2.75, 3.05) is 6.54 Å². The Kier molecular flexibility index (Phi) is 5.92. The van der Waals surface area contributed by atoms with Crippen molar-refractivity contribution in [3.63, 3.8) is 0 Å². The molecule has 0 aromatic carbocycles. The van der Waals surface area contributed by atoms with Crippen molar-refractivity contribution >= 4 is 17.5 Å². The van der Waals surface area contributed by atoms with Crippen molar-refractivity contribution in [3.05, 3.63) is 23.5 Å². The highest BCUT2D eigenvalue weighted by molar-refractivity contribution is 6.29. The van der Waals surface area contributed by atoms with Gasteiger partial charge < -0.3 is 10.1 Å². The van der Waals surface area contributed by atoms with E-state index in [1.165, 1.54) is 6.20 Å². The molecule has 0 fully saturated rings. The van der Waals surface area contributed by atoms with Crippen molar-refractivity contribution in [1.29, 1.82) is 0 Å². The van der Waals surface area contributed by atoms with E-state index in [0.29, 0.717) is 23.4 Å². The molecule has 1 unspecified atom stereocenters. The second-order valence-electron chi connectivity index (χ2n) is 4.55. The number of ether oxygens (including phenoxy) is 1. The van der Waals surface area contributed by atoms with Crippen LogP contribution in [-0.2, 0) is 4.79 Å². The number of carbonyl (C=O) groups is 1. The minimum Gasteiger partial charge on any atom is -0.479 e. The van der Waals surface area contributed by atoms with Crippen LogP contribution in [0.1, 0.15) is 27.2 Å². The summed E-state index contributed by atoms with van der Waals surface area (Å²) < 4.78 is 5.46. The average Bonchev–Trinajstić information content (AvgIpc) is 2.31. The van der Waals surface area contributed by atoms with Crippen LogP contribution in [0.5, 0.6) is 5.75 Å². The molecule has 1 aromatic heterocycles. The number of hydrogen-bond donors (Lipinski definition) is 1. The molecule has 1 amide bonds. The summed E-state index contributed by atoms with van der Waals surface area (Å²) in [4.78, 5) is 15.6. The Morgan fingerprint density at radius 3 is 2.72 bits per heavy atom. The lowest BCUT2D eigenvalue weighted by Gasteiger charge is -2.14. The maximum atomic E-state index is 11.7. The van der Waals surface area contributed by atoms with E-state index in [-0.39, 0.29) is 5.91 Å². The molecule has 0 bridgehead atoms. The Balaban J connectivity index is 2.37. The molecule has 100 valence electrons. The van der Waals surface area contributed by atoms with Crippen molar-refractivity contribution < 1.29 is 9.53 Å². The van der Waals surface area contributed by atoms with E-state index in [9.17, 15) is 4.79 Å². The van der Waals surface area contributed by atoms with Crippen molar-refractivity contribution in [2.45, 2.75) is 33.3 Å². The van der Waals surface area contributed by atoms with Crippen molar-refractivity contribution in [2.24, 2.45) is 5.92 Å². The van der Waals surface area contributed by atoms with Crippen LogP contribution >= 0.6 is 11.6 Å². The zero-order chi connectivity index (χ0) is 13.5. The zero-order valence-corrected chi connectivity index (χ0v) is 11.7. The molecule has 0 aliphatic rings. The monoisotopic (exact) mass is 270 g/mol. The summed E-state index contributed by atoms with van der Waals surface area (Å²) in [5.74, 6) is 0.985. The number of hydrogen-bond acceptors (Lipinski definition) is 3. The van der Waals surface area contributed by atoms with Crippen LogP contribution in [0, 0.1) is 5.92 Å². The van der Waals surface area contributed by atoms with Crippen molar-refractivity contribution in [1.82, 2.24) is 10.3 Å². The van der Waals surface area contributed by atoms with Gasteiger partial charge in [-0.05, 0) is 31.4 Å². The number of amides is 1. The third kappa shape index (κ3) is 5.36. The van der Waals surface area contributed by atoms with Crippen LogP contribution in [0.25, 0.3) is 0 Å². The van der Waals surface area contributed by atoms with Gasteiger partial charge in [-0.25, -0.2) is 4.98 Å². The van der Waals surface area contributed by atoms with Crippen molar-refractivity contribution in [3.8, 4) is 5.75 Å². The van der Waals surface area contributed by atoms with Crippen LogP contribution < -0.4 is 10.1 Å². The number of nitrogens with zero attached hydrogens (tertiary/aromatic N) is 1. The number of nitrogens with one attached hydrogen (secondary N) is 1. The molecule has 1 heterocycles. The number of halogens is 1. The molecule has 0 radical (unpaired) electrons. The fraction of sp³-hybridized carbons (Fsp3) is 0.538. The molecule has 0 aliphatic carbocycles. The lowest BCUT2D eigenvalue weighted by molar-refractivity contribution is -0.127. The SMILES string of the molecule is CC(C)CCNC(=O)C(C)Oc1ccc(Cl)nc1. The van der Waals surface area contributed by atoms with Gasteiger partial charge >= 0.3 is 0 Å². The highest BCUT2D eigenvalue weighted by Crippen LogP contribution is 2.13. The summed E-state index contributed by atoms with van der Waals surface area (Å²) in [6.07, 6.45) is 1.92. The maximum absolute atomic E-state index is 11.7. The molecular formula is C13H19ClN2O2. The smallest absolute Gasteiger partial charge is 0.260 e. The number of aromatic nitrogens is 1. The predicted octanol–water partition coefficient (Wildman–Crippen LogP) is 2.66. The van der Waals surface area contributed by atoms with Gasteiger partial charge in [0.1, 0.15) is 10.9 Å². The van der Waals surface area contributed by atoms with E-state index in [0.717, 1.165) is 6.42 Å². The lowest BCUT2D eigenvalue weighted by atomic mass is 10.1. The van der Waals surface area contributed by atoms with Gasteiger partial charge in [-0.15, -0.1) is 0 Å². The fourth-order valence-corrected chi connectivity index (χ4v) is 1.43. The van der Waals surface area contributed by atoms with Gasteiger partial charge in [0.2, 0.25) is 0 Å². The molecule has 18 heavy (non-hydrogen) atoms. The predicted molar refractivity (Wildman–Crippen MR) is 71.8 cm³/mol. The maximum Gasteiger partial charge on any atom is 0.260 e. The Morgan fingerprint density at radius 1 is 1.44 bits per heavy atom. The van der Waals surface area contributed by atoms with Gasteiger partial charge in [0, 0.05) is 6.54 Å². The third-order valence-corrected chi connectivity index (χ3v) is 2.63. The summed E-state index contributed by atoms with van der Waals surface area (Å²) in [7, 11) is 0. The van der Waals surface area contributed by atoms with Gasteiger partial charge in [0.25, 0.3) is 5.91 Å². The van der Waals surface area contributed by atoms with Gasteiger partial charge in [-0.3, -0.25) is 4.79 Å². The third-order valence-electron chi connectivity index (χ3n) is 2.40. The fourth-order valence-electron chi connectivity index (χ4n) is 1.32. The number of carbonyl (C=O) groups excluding carboxylic acids is 1.